The van der Waals surface area contributed by atoms with E-state index in [4.69, 9.17) is 0 Å². The van der Waals surface area contributed by atoms with Gasteiger partial charge in [0, 0.05) is 18.7 Å². The van der Waals surface area contributed by atoms with Crippen molar-refractivity contribution in [1.29, 1.82) is 0 Å². The van der Waals surface area contributed by atoms with Crippen LogP contribution in [0.4, 0.5) is 0 Å². The largest absolute Gasteiger partial charge is 0.273 e. The van der Waals surface area contributed by atoms with E-state index in [-0.39, 0.29) is 5.41 Å². The maximum atomic E-state index is 4.33. The van der Waals surface area contributed by atoms with Gasteiger partial charge >= 0.3 is 0 Å². The zero-order valence-corrected chi connectivity index (χ0v) is 8.94. The van der Waals surface area contributed by atoms with Gasteiger partial charge in [-0.1, -0.05) is 20.8 Å². The lowest BCUT2D eigenvalue weighted by molar-refractivity contribution is 0.574. The lowest BCUT2D eigenvalue weighted by Gasteiger charge is -2.17. The van der Waals surface area contributed by atoms with Crippen LogP contribution >= 0.6 is 0 Å². The van der Waals surface area contributed by atoms with Crippen molar-refractivity contribution in [2.45, 2.75) is 26.2 Å². The van der Waals surface area contributed by atoms with Gasteiger partial charge in [0.1, 0.15) is 6.33 Å². The quantitative estimate of drug-likeness (QED) is 0.634. The maximum Gasteiger partial charge on any atom is 0.184 e. The number of rotatable bonds is 0. The second kappa shape index (κ2) is 2.77. The smallest absolute Gasteiger partial charge is 0.184 e. The molecule has 2 aromatic heterocycles. The molecular formula is C10H14N4. The van der Waals surface area contributed by atoms with Gasteiger partial charge in [0.15, 0.2) is 5.65 Å². The Morgan fingerprint density at radius 1 is 1.21 bits per heavy atom. The maximum absolute atomic E-state index is 4.33. The summed E-state index contributed by atoms with van der Waals surface area (Å²) in [4.78, 5) is 8.46. The van der Waals surface area contributed by atoms with Crippen molar-refractivity contribution in [3.8, 4) is 0 Å². The average Bonchev–Trinajstić information content (AvgIpc) is 2.41. The van der Waals surface area contributed by atoms with Gasteiger partial charge in [0.25, 0.3) is 0 Å². The number of hydrogen-bond acceptors (Lipinski definition) is 3. The van der Waals surface area contributed by atoms with Crippen molar-refractivity contribution >= 4 is 11.0 Å². The fourth-order valence-electron chi connectivity index (χ4n) is 1.55. The third kappa shape index (κ3) is 1.36. The first-order valence-electron chi connectivity index (χ1n) is 4.63. The fraction of sp³-hybridized carbons (Fsp3) is 0.500. The second-order valence-corrected chi connectivity index (χ2v) is 4.51. The Kier molecular flexibility index (Phi) is 1.80. The number of hydrogen-bond donors (Lipinski definition) is 0. The molecule has 0 aromatic carbocycles. The summed E-state index contributed by atoms with van der Waals surface area (Å²) in [5.41, 5.74) is 1.85. The molecule has 14 heavy (non-hydrogen) atoms. The molecule has 0 amide bonds. The van der Waals surface area contributed by atoms with Gasteiger partial charge in [0.2, 0.25) is 0 Å². The van der Waals surface area contributed by atoms with Gasteiger partial charge in [-0.15, -0.1) is 0 Å². The number of aryl methyl sites for hydroxylation is 1. The van der Waals surface area contributed by atoms with Crippen LogP contribution in [-0.4, -0.2) is 19.7 Å². The summed E-state index contributed by atoms with van der Waals surface area (Å²) in [5, 5.41) is 5.30. The summed E-state index contributed by atoms with van der Waals surface area (Å²) >= 11 is 0. The highest BCUT2D eigenvalue weighted by Gasteiger charge is 2.20. The van der Waals surface area contributed by atoms with Crippen LogP contribution in [0, 0.1) is 0 Å². The first-order chi connectivity index (χ1) is 6.48. The molecule has 0 radical (unpaired) electrons. The van der Waals surface area contributed by atoms with Gasteiger partial charge < -0.3 is 0 Å². The van der Waals surface area contributed by atoms with Crippen molar-refractivity contribution in [3.63, 3.8) is 0 Å². The molecule has 0 aliphatic carbocycles. The van der Waals surface area contributed by atoms with Crippen LogP contribution in [0.15, 0.2) is 12.5 Å². The molecule has 0 aliphatic heterocycles. The topological polar surface area (TPSA) is 43.6 Å². The lowest BCUT2D eigenvalue weighted by Crippen LogP contribution is -2.13. The molecule has 0 saturated carbocycles. The predicted molar refractivity (Wildman–Crippen MR) is 55.0 cm³/mol. The Labute approximate surface area is 83.0 Å². The van der Waals surface area contributed by atoms with Crippen molar-refractivity contribution in [3.05, 3.63) is 18.2 Å². The molecule has 0 saturated heterocycles. The fourth-order valence-corrected chi connectivity index (χ4v) is 1.55. The first kappa shape index (κ1) is 9.12. The van der Waals surface area contributed by atoms with Crippen molar-refractivity contribution < 1.29 is 0 Å². The number of fused-ring (bicyclic) bond motifs is 1. The third-order valence-corrected chi connectivity index (χ3v) is 2.14. The lowest BCUT2D eigenvalue weighted by atomic mass is 9.90. The van der Waals surface area contributed by atoms with Gasteiger partial charge in [0.05, 0.1) is 11.1 Å². The van der Waals surface area contributed by atoms with Crippen LogP contribution in [0.2, 0.25) is 0 Å². The predicted octanol–water partition coefficient (Wildman–Crippen LogP) is 1.66. The highest BCUT2D eigenvalue weighted by atomic mass is 15.3. The molecule has 0 unspecified atom stereocenters. The zero-order valence-electron chi connectivity index (χ0n) is 8.94. The summed E-state index contributed by atoms with van der Waals surface area (Å²) in [5.74, 6) is 0. The molecule has 2 aromatic rings. The highest BCUT2D eigenvalue weighted by molar-refractivity contribution is 5.77. The average molecular weight is 190 g/mol. The molecule has 0 aliphatic rings. The van der Waals surface area contributed by atoms with Crippen molar-refractivity contribution in [1.82, 2.24) is 19.7 Å². The summed E-state index contributed by atoms with van der Waals surface area (Å²) < 4.78 is 1.77. The van der Waals surface area contributed by atoms with E-state index in [2.05, 4.69) is 35.8 Å². The van der Waals surface area contributed by atoms with Crippen LogP contribution < -0.4 is 0 Å². The third-order valence-electron chi connectivity index (χ3n) is 2.14. The summed E-state index contributed by atoms with van der Waals surface area (Å²) in [6.45, 7) is 6.42. The van der Waals surface area contributed by atoms with Gasteiger partial charge in [-0.05, 0) is 0 Å². The van der Waals surface area contributed by atoms with Crippen LogP contribution in [0.25, 0.3) is 11.0 Å². The minimum Gasteiger partial charge on any atom is -0.273 e. The normalized spacial score (nSPS) is 12.3. The molecule has 0 N–H and O–H groups in total. The van der Waals surface area contributed by atoms with Gasteiger partial charge in [-0.3, -0.25) is 4.68 Å². The molecular weight excluding hydrogens is 176 g/mol. The number of aromatic nitrogens is 4. The van der Waals surface area contributed by atoms with Crippen LogP contribution in [0.3, 0.4) is 0 Å². The summed E-state index contributed by atoms with van der Waals surface area (Å²) in [7, 11) is 1.90. The molecule has 0 bridgehead atoms. The second-order valence-electron chi connectivity index (χ2n) is 4.51. The molecule has 0 atom stereocenters. The molecule has 74 valence electrons. The van der Waals surface area contributed by atoms with Crippen LogP contribution in [0.5, 0.6) is 0 Å². The minimum absolute atomic E-state index is 0.0320. The highest BCUT2D eigenvalue weighted by Crippen LogP contribution is 2.25. The van der Waals surface area contributed by atoms with Crippen LogP contribution in [0.1, 0.15) is 26.5 Å². The van der Waals surface area contributed by atoms with E-state index < -0.39 is 0 Å². The Morgan fingerprint density at radius 3 is 2.57 bits per heavy atom. The Hall–Kier alpha value is -1.45. The van der Waals surface area contributed by atoms with Crippen molar-refractivity contribution in [2.75, 3.05) is 0 Å². The van der Waals surface area contributed by atoms with E-state index in [1.54, 1.807) is 11.0 Å². The molecule has 4 nitrogen and oxygen atoms in total. The Bertz CT molecular complexity index is 464. The SMILES string of the molecule is Cn1cc2c(C(C)(C)C)ncnc2n1. The molecule has 2 heterocycles. The van der Waals surface area contributed by atoms with Gasteiger partial charge in [-0.2, -0.15) is 5.10 Å². The Balaban J connectivity index is 2.77. The molecule has 0 spiro atoms. The van der Waals surface area contributed by atoms with E-state index >= 15 is 0 Å². The van der Waals surface area contributed by atoms with Gasteiger partial charge in [-0.25, -0.2) is 9.97 Å². The van der Waals surface area contributed by atoms with E-state index in [0.717, 1.165) is 16.7 Å². The zero-order chi connectivity index (χ0) is 10.3. The Morgan fingerprint density at radius 2 is 1.93 bits per heavy atom. The van der Waals surface area contributed by atoms with E-state index in [1.165, 1.54) is 0 Å². The minimum atomic E-state index is 0.0320. The van der Waals surface area contributed by atoms with E-state index in [1.807, 2.05) is 13.2 Å². The van der Waals surface area contributed by atoms with Crippen LogP contribution in [-0.2, 0) is 12.5 Å². The van der Waals surface area contributed by atoms with Crippen molar-refractivity contribution in [2.24, 2.45) is 7.05 Å². The molecule has 4 heteroatoms. The molecule has 2 rings (SSSR count). The first-order valence-corrected chi connectivity index (χ1v) is 4.63. The monoisotopic (exact) mass is 190 g/mol. The van der Waals surface area contributed by atoms with E-state index in [9.17, 15) is 0 Å². The molecule has 0 fully saturated rings. The number of nitrogens with zero attached hydrogens (tertiary/aromatic N) is 4. The summed E-state index contributed by atoms with van der Waals surface area (Å²) in [6.07, 6.45) is 3.55. The van der Waals surface area contributed by atoms with E-state index in [0.29, 0.717) is 0 Å². The summed E-state index contributed by atoms with van der Waals surface area (Å²) in [6, 6.07) is 0. The standard InChI is InChI=1S/C10H14N4/c1-10(2,3)8-7-5-14(4)13-9(7)12-6-11-8/h5-6H,1-4H3.